The summed E-state index contributed by atoms with van der Waals surface area (Å²) >= 11 is 0. The predicted octanol–water partition coefficient (Wildman–Crippen LogP) is 2.14. The molecule has 0 aliphatic heterocycles. The fraction of sp³-hybridized carbons (Fsp3) is 0. The van der Waals surface area contributed by atoms with Crippen LogP contribution < -0.4 is 5.73 Å². The number of nitrogen functional groups attached to an aromatic ring is 1. The van der Waals surface area contributed by atoms with Crippen LogP contribution in [0.15, 0.2) is 42.6 Å². The van der Waals surface area contributed by atoms with E-state index in [0.717, 1.165) is 17.5 Å². The van der Waals surface area contributed by atoms with Crippen molar-refractivity contribution in [2.75, 3.05) is 5.73 Å². The van der Waals surface area contributed by atoms with Crippen LogP contribution in [0.4, 0.5) is 5.69 Å². The number of hydrogen-bond acceptors (Lipinski definition) is 3. The average molecular weight is 198 g/mol. The lowest BCUT2D eigenvalue weighted by atomic mass is 10.1. The van der Waals surface area contributed by atoms with E-state index in [9.17, 15) is 4.79 Å². The zero-order valence-electron chi connectivity index (χ0n) is 8.05. The van der Waals surface area contributed by atoms with Crippen molar-refractivity contribution in [2.24, 2.45) is 0 Å². The van der Waals surface area contributed by atoms with E-state index >= 15 is 0 Å². The van der Waals surface area contributed by atoms with E-state index in [1.165, 1.54) is 0 Å². The molecule has 0 unspecified atom stereocenters. The molecule has 2 aromatic rings. The van der Waals surface area contributed by atoms with Gasteiger partial charge in [0.2, 0.25) is 0 Å². The molecule has 0 aliphatic rings. The number of aldehydes is 1. The van der Waals surface area contributed by atoms with Gasteiger partial charge in [0.1, 0.15) is 0 Å². The number of aromatic nitrogens is 1. The van der Waals surface area contributed by atoms with E-state index in [1.54, 1.807) is 18.3 Å². The second-order valence-electron chi connectivity index (χ2n) is 3.22. The van der Waals surface area contributed by atoms with Crippen molar-refractivity contribution in [3.8, 4) is 11.3 Å². The van der Waals surface area contributed by atoms with Gasteiger partial charge >= 0.3 is 0 Å². The van der Waals surface area contributed by atoms with Crippen molar-refractivity contribution >= 4 is 12.0 Å². The largest absolute Gasteiger partial charge is 0.399 e. The van der Waals surface area contributed by atoms with Crippen molar-refractivity contribution in [3.63, 3.8) is 0 Å². The quantitative estimate of drug-likeness (QED) is 0.594. The molecule has 0 bridgehead atoms. The number of nitrogens with zero attached hydrogens (tertiary/aromatic N) is 1. The Morgan fingerprint density at radius 3 is 2.67 bits per heavy atom. The number of carbonyl (C=O) groups is 1. The number of pyridine rings is 1. The molecule has 0 saturated carbocycles. The molecular formula is C12H10N2O. The van der Waals surface area contributed by atoms with Crippen LogP contribution in [0.25, 0.3) is 11.3 Å². The van der Waals surface area contributed by atoms with Gasteiger partial charge in [-0.2, -0.15) is 0 Å². The monoisotopic (exact) mass is 198 g/mol. The Hall–Kier alpha value is -2.16. The van der Waals surface area contributed by atoms with Crippen molar-refractivity contribution in [1.29, 1.82) is 0 Å². The third-order valence-corrected chi connectivity index (χ3v) is 2.10. The first kappa shape index (κ1) is 9.40. The average Bonchev–Trinajstić information content (AvgIpc) is 2.29. The van der Waals surface area contributed by atoms with E-state index in [4.69, 9.17) is 5.73 Å². The Morgan fingerprint density at radius 2 is 2.07 bits per heavy atom. The molecule has 0 spiro atoms. The molecule has 2 N–H and O–H groups in total. The summed E-state index contributed by atoms with van der Waals surface area (Å²) in [7, 11) is 0. The molecule has 1 heterocycles. The zero-order valence-corrected chi connectivity index (χ0v) is 8.05. The van der Waals surface area contributed by atoms with Crippen LogP contribution in [0.2, 0.25) is 0 Å². The summed E-state index contributed by atoms with van der Waals surface area (Å²) in [5.41, 5.74) is 8.71. The summed E-state index contributed by atoms with van der Waals surface area (Å²) in [6, 6.07) is 11.0. The van der Waals surface area contributed by atoms with Crippen LogP contribution in [-0.4, -0.2) is 11.3 Å². The van der Waals surface area contributed by atoms with Gasteiger partial charge in [-0.1, -0.05) is 12.1 Å². The first-order valence-electron chi connectivity index (χ1n) is 4.57. The molecule has 1 aromatic carbocycles. The summed E-state index contributed by atoms with van der Waals surface area (Å²) in [4.78, 5) is 14.6. The van der Waals surface area contributed by atoms with Gasteiger partial charge in [-0.05, 0) is 24.3 Å². The van der Waals surface area contributed by atoms with Gasteiger partial charge in [0.25, 0.3) is 0 Å². The Morgan fingerprint density at radius 1 is 1.20 bits per heavy atom. The molecule has 1 aromatic heterocycles. The smallest absolute Gasteiger partial charge is 0.151 e. The molecule has 3 nitrogen and oxygen atoms in total. The molecular weight excluding hydrogens is 188 g/mol. The van der Waals surface area contributed by atoms with Gasteiger partial charge in [0.15, 0.2) is 6.29 Å². The fourth-order valence-electron chi connectivity index (χ4n) is 1.34. The van der Waals surface area contributed by atoms with E-state index in [-0.39, 0.29) is 0 Å². The van der Waals surface area contributed by atoms with Gasteiger partial charge in [0, 0.05) is 23.0 Å². The number of nitrogens with two attached hydrogens (primary N) is 1. The molecule has 0 aliphatic carbocycles. The van der Waals surface area contributed by atoms with E-state index in [1.807, 2.05) is 24.3 Å². The van der Waals surface area contributed by atoms with Crippen molar-refractivity contribution in [3.05, 3.63) is 48.2 Å². The van der Waals surface area contributed by atoms with E-state index in [2.05, 4.69) is 4.98 Å². The summed E-state index contributed by atoms with van der Waals surface area (Å²) in [6.45, 7) is 0. The first-order valence-corrected chi connectivity index (χ1v) is 4.57. The lowest BCUT2D eigenvalue weighted by Crippen LogP contribution is -1.88. The Labute approximate surface area is 87.6 Å². The number of carbonyl (C=O) groups excluding carboxylic acids is 1. The predicted molar refractivity (Wildman–Crippen MR) is 59.5 cm³/mol. The van der Waals surface area contributed by atoms with Gasteiger partial charge in [-0.3, -0.25) is 9.78 Å². The molecule has 2 rings (SSSR count). The van der Waals surface area contributed by atoms with Gasteiger partial charge in [-0.25, -0.2) is 0 Å². The lowest BCUT2D eigenvalue weighted by Gasteiger charge is -2.01. The highest BCUT2D eigenvalue weighted by Gasteiger charge is 1.99. The van der Waals surface area contributed by atoms with Crippen molar-refractivity contribution < 1.29 is 4.79 Å². The molecule has 0 fully saturated rings. The maximum absolute atomic E-state index is 10.4. The third-order valence-electron chi connectivity index (χ3n) is 2.10. The maximum Gasteiger partial charge on any atom is 0.151 e. The second-order valence-corrected chi connectivity index (χ2v) is 3.22. The Kier molecular flexibility index (Phi) is 2.46. The van der Waals surface area contributed by atoms with E-state index < -0.39 is 0 Å². The summed E-state index contributed by atoms with van der Waals surface area (Å²) in [6.07, 6.45) is 2.32. The molecule has 15 heavy (non-hydrogen) atoms. The molecule has 0 radical (unpaired) electrons. The maximum atomic E-state index is 10.4. The Balaban J connectivity index is 2.41. The minimum atomic E-state index is 0.572. The summed E-state index contributed by atoms with van der Waals surface area (Å²) < 4.78 is 0. The van der Waals surface area contributed by atoms with Crippen LogP contribution in [0.3, 0.4) is 0 Å². The normalized spacial score (nSPS) is 9.87. The fourth-order valence-corrected chi connectivity index (χ4v) is 1.34. The summed E-state index contributed by atoms with van der Waals surface area (Å²) in [5.74, 6) is 0. The minimum absolute atomic E-state index is 0.572. The highest BCUT2D eigenvalue weighted by atomic mass is 16.1. The summed E-state index contributed by atoms with van der Waals surface area (Å²) in [5, 5.41) is 0. The number of hydrogen-bond donors (Lipinski definition) is 1. The van der Waals surface area contributed by atoms with Gasteiger partial charge < -0.3 is 5.73 Å². The number of rotatable bonds is 2. The van der Waals surface area contributed by atoms with Crippen LogP contribution in [0, 0.1) is 0 Å². The zero-order chi connectivity index (χ0) is 10.7. The Bertz CT molecular complexity index is 477. The van der Waals surface area contributed by atoms with Crippen molar-refractivity contribution in [1.82, 2.24) is 4.98 Å². The lowest BCUT2D eigenvalue weighted by molar-refractivity contribution is 0.112. The standard InChI is InChI=1S/C12H10N2O/c13-11-3-1-2-10(6-11)12-5-4-9(8-15)7-14-12/h1-8H,13H2. The van der Waals surface area contributed by atoms with Crippen LogP contribution >= 0.6 is 0 Å². The van der Waals surface area contributed by atoms with Crippen LogP contribution in [0.1, 0.15) is 10.4 Å². The number of benzene rings is 1. The molecule has 0 saturated heterocycles. The van der Waals surface area contributed by atoms with E-state index in [0.29, 0.717) is 11.3 Å². The SMILES string of the molecule is Nc1cccc(-c2ccc(C=O)cn2)c1. The highest BCUT2D eigenvalue weighted by molar-refractivity contribution is 5.75. The molecule has 0 amide bonds. The van der Waals surface area contributed by atoms with Crippen LogP contribution in [0.5, 0.6) is 0 Å². The van der Waals surface area contributed by atoms with Crippen LogP contribution in [-0.2, 0) is 0 Å². The molecule has 74 valence electrons. The number of anilines is 1. The molecule has 3 heteroatoms. The highest BCUT2D eigenvalue weighted by Crippen LogP contribution is 2.18. The topological polar surface area (TPSA) is 56.0 Å². The van der Waals surface area contributed by atoms with Crippen molar-refractivity contribution in [2.45, 2.75) is 0 Å². The third kappa shape index (κ3) is 2.02. The second kappa shape index (κ2) is 3.92. The van der Waals surface area contributed by atoms with Gasteiger partial charge in [0.05, 0.1) is 5.69 Å². The minimum Gasteiger partial charge on any atom is -0.399 e. The first-order chi connectivity index (χ1) is 7.29. The van der Waals surface area contributed by atoms with Gasteiger partial charge in [-0.15, -0.1) is 0 Å². The molecule has 0 atom stereocenters.